The maximum atomic E-state index is 10.3. The van der Waals surface area contributed by atoms with Gasteiger partial charge < -0.3 is 14.2 Å². The summed E-state index contributed by atoms with van der Waals surface area (Å²) in [4.78, 5) is 0. The number of hydrogen-bond donors (Lipinski definition) is 0. The second kappa shape index (κ2) is 356. The van der Waals surface area contributed by atoms with Gasteiger partial charge in [0.05, 0.1) is 27.1 Å². The van der Waals surface area contributed by atoms with Gasteiger partial charge in [-0.3, -0.25) is 8.78 Å². The molecule has 5 heteroatoms. The molecule has 0 saturated carbocycles. The maximum Gasteiger partial charge on any atom is 0.0866 e. The Balaban J connectivity index is -0.00000000540. The minimum absolute atomic E-state index is 0. The van der Waals surface area contributed by atoms with Gasteiger partial charge in [-0.15, -0.1) is 0 Å². The number of hydrogen-bond acceptors (Lipinski definition) is 3. The molecule has 0 aromatic heterocycles. The standard InChI is InChI=1S/C4H10O2.C3H8O.2C3H8.C2H5F.CH3F.11CH4/c1-5-3-4-6-2;1-3-4-2;2*1-3-2;1-2-3;1-2;;;;;;;;;;;/h3-4H2,1-2H3;3H2,1-2H3;2*3H2,1-2H3;2H2,1H3;1H3;11*1H4. The maximum absolute atomic E-state index is 10.3. The van der Waals surface area contributed by atoms with Crippen LogP contribution in [0.15, 0.2) is 0 Å². The summed E-state index contributed by atoms with van der Waals surface area (Å²) in [6.07, 6.45) is 2.50. The van der Waals surface area contributed by atoms with Gasteiger partial charge in [0.2, 0.25) is 0 Å². The Kier molecular flexibility index (Phi) is 1540. The van der Waals surface area contributed by atoms with E-state index in [1.165, 1.54) is 19.8 Å². The van der Waals surface area contributed by atoms with Crippen molar-refractivity contribution in [1.82, 2.24) is 0 Å². The summed E-state index contributed by atoms with van der Waals surface area (Å²) in [6.45, 7) is 13.9. The average Bonchev–Trinajstić information content (AvgIpc) is 2.50. The Morgan fingerprint density at radius 2 is 0.531 bits per heavy atom. The fourth-order valence-electron chi connectivity index (χ4n) is 0.167. The second-order valence-electron chi connectivity index (χ2n) is 3.24. The Morgan fingerprint density at radius 1 is 0.438 bits per heavy atom. The van der Waals surface area contributed by atoms with Crippen molar-refractivity contribution in [2.24, 2.45) is 0 Å². The van der Waals surface area contributed by atoms with Crippen molar-refractivity contribution in [3.8, 4) is 0 Å². The monoisotopic (exact) mass is 497 g/mol. The molecule has 0 unspecified atom stereocenters. The average molecular weight is 497 g/mol. The van der Waals surface area contributed by atoms with E-state index in [0.717, 1.165) is 6.61 Å². The summed E-state index contributed by atoms with van der Waals surface area (Å²) >= 11 is 0. The van der Waals surface area contributed by atoms with Crippen molar-refractivity contribution >= 4 is 0 Å². The van der Waals surface area contributed by atoms with E-state index in [0.29, 0.717) is 20.4 Å². The van der Waals surface area contributed by atoms with Crippen LogP contribution in [-0.4, -0.2) is 55.0 Å². The molecule has 0 N–H and O–H groups in total. The Bertz CT molecular complexity index is 71.2. The van der Waals surface area contributed by atoms with Gasteiger partial charge in [-0.25, -0.2) is 0 Å². The number of methoxy groups -OCH3 is 3. The molecule has 0 radical (unpaired) electrons. The molecule has 0 heterocycles. The lowest BCUT2D eigenvalue weighted by Gasteiger charge is -1.91. The highest BCUT2D eigenvalue weighted by molar-refractivity contribution is 4.17. The van der Waals surface area contributed by atoms with Gasteiger partial charge in [-0.2, -0.15) is 0 Å². The van der Waals surface area contributed by atoms with E-state index >= 15 is 0 Å². The number of rotatable bonds is 4. The van der Waals surface area contributed by atoms with Gasteiger partial charge in [0, 0.05) is 27.9 Å². The van der Waals surface area contributed by atoms with E-state index in [4.69, 9.17) is 0 Å². The SMILES string of the molecule is C.C.C.C.C.C.C.C.C.C.C.CCC.CCC.CCF.CCOC.CF.COCCOC. The molecule has 0 aromatic rings. The van der Waals surface area contributed by atoms with Gasteiger partial charge in [0.25, 0.3) is 0 Å². The molecule has 0 spiro atoms. The number of halogens is 2. The Morgan fingerprint density at radius 3 is 0.562 bits per heavy atom. The van der Waals surface area contributed by atoms with E-state index in [-0.39, 0.29) is 88.4 Å². The van der Waals surface area contributed by atoms with Gasteiger partial charge in [0.15, 0.2) is 0 Å². The summed E-state index contributed by atoms with van der Waals surface area (Å²) in [5.41, 5.74) is 0. The zero-order chi connectivity index (χ0) is 18.4. The first kappa shape index (κ1) is 138. The molecule has 3 nitrogen and oxygen atoms in total. The molecule has 226 valence electrons. The first-order chi connectivity index (χ1) is 10.1. The molecule has 0 amide bonds. The second-order valence-corrected chi connectivity index (χ2v) is 3.24. The smallest absolute Gasteiger partial charge is 0.0866 e. The molecule has 32 heavy (non-hydrogen) atoms. The first-order valence-electron chi connectivity index (χ1n) is 7.48. The van der Waals surface area contributed by atoms with Crippen molar-refractivity contribution in [2.45, 2.75) is 136 Å². The molecule has 0 bridgehead atoms. The molecule has 0 aliphatic heterocycles. The zero-order valence-corrected chi connectivity index (χ0v) is 16.2. The van der Waals surface area contributed by atoms with E-state index < -0.39 is 0 Å². The molecule has 0 fully saturated rings. The first-order valence-corrected chi connectivity index (χ1v) is 7.48. The molecule has 0 saturated heterocycles. The minimum atomic E-state index is -0.250. The third kappa shape index (κ3) is 1760. The van der Waals surface area contributed by atoms with Crippen molar-refractivity contribution in [1.29, 1.82) is 0 Å². The normalized spacial score (nSPS) is 4.50. The van der Waals surface area contributed by atoms with Crippen LogP contribution in [0.5, 0.6) is 0 Å². The fraction of sp³-hybridized carbons (Fsp3) is 1.00. The predicted molar refractivity (Wildman–Crippen MR) is 166 cm³/mol. The van der Waals surface area contributed by atoms with E-state index in [1.54, 1.807) is 21.3 Å². The summed E-state index contributed by atoms with van der Waals surface area (Å²) in [7, 11) is 5.48. The highest BCUT2D eigenvalue weighted by Gasteiger charge is 1.73. The third-order valence-corrected chi connectivity index (χ3v) is 0.780. The van der Waals surface area contributed by atoms with E-state index in [2.05, 4.69) is 41.9 Å². The molecule has 0 aromatic carbocycles. The summed E-state index contributed by atoms with van der Waals surface area (Å²) in [6, 6.07) is 0. The Labute approximate surface area is 214 Å². The predicted octanol–water partition coefficient (Wildman–Crippen LogP) is 12.3. The Hall–Kier alpha value is -0.260. The lowest BCUT2D eigenvalue weighted by atomic mass is 10.6. The molecular weight excluding hydrogens is 410 g/mol. The lowest BCUT2D eigenvalue weighted by Crippen LogP contribution is -1.96. The van der Waals surface area contributed by atoms with Crippen LogP contribution in [0.2, 0.25) is 0 Å². The van der Waals surface area contributed by atoms with Crippen molar-refractivity contribution in [3.05, 3.63) is 0 Å². The fourth-order valence-corrected chi connectivity index (χ4v) is 0.167. The summed E-state index contributed by atoms with van der Waals surface area (Å²) < 4.78 is 33.6. The van der Waals surface area contributed by atoms with Crippen LogP contribution in [0, 0.1) is 0 Å². The lowest BCUT2D eigenvalue weighted by molar-refractivity contribution is 0.103. The van der Waals surface area contributed by atoms with Gasteiger partial charge in [-0.1, -0.05) is 122 Å². The largest absolute Gasteiger partial charge is 0.385 e. The minimum Gasteiger partial charge on any atom is -0.385 e. The van der Waals surface area contributed by atoms with Crippen LogP contribution in [-0.2, 0) is 14.2 Å². The van der Waals surface area contributed by atoms with Crippen LogP contribution in [0.3, 0.4) is 0 Å². The van der Waals surface area contributed by atoms with E-state index in [1.807, 2.05) is 6.92 Å². The summed E-state index contributed by atoms with van der Waals surface area (Å²) in [5.74, 6) is 0. The topological polar surface area (TPSA) is 27.7 Å². The van der Waals surface area contributed by atoms with Gasteiger partial charge in [0.1, 0.15) is 0 Å². The zero-order valence-electron chi connectivity index (χ0n) is 16.2. The van der Waals surface area contributed by atoms with Crippen molar-refractivity contribution < 1.29 is 23.0 Å². The molecule has 0 aliphatic carbocycles. The third-order valence-electron chi connectivity index (χ3n) is 0.780. The molecular formula is C27H86F2O3. The van der Waals surface area contributed by atoms with Crippen molar-refractivity contribution in [3.63, 3.8) is 0 Å². The van der Waals surface area contributed by atoms with Crippen LogP contribution < -0.4 is 0 Å². The summed E-state index contributed by atoms with van der Waals surface area (Å²) in [5, 5.41) is 0. The van der Waals surface area contributed by atoms with Crippen LogP contribution >= 0.6 is 0 Å². The van der Waals surface area contributed by atoms with E-state index in [9.17, 15) is 8.78 Å². The molecule has 0 atom stereocenters. The van der Waals surface area contributed by atoms with Crippen LogP contribution in [0.4, 0.5) is 8.78 Å². The number of alkyl halides is 2. The quantitative estimate of drug-likeness (QED) is 0.362. The number of ether oxygens (including phenoxy) is 3. The van der Waals surface area contributed by atoms with Crippen LogP contribution in [0.25, 0.3) is 0 Å². The van der Waals surface area contributed by atoms with Gasteiger partial charge >= 0.3 is 0 Å². The van der Waals surface area contributed by atoms with Crippen LogP contribution in [0.1, 0.15) is 136 Å². The highest BCUT2D eigenvalue weighted by Crippen LogP contribution is 1.65. The van der Waals surface area contributed by atoms with Crippen molar-refractivity contribution in [2.75, 3.05) is 55.0 Å². The highest BCUT2D eigenvalue weighted by atomic mass is 19.1. The molecule has 0 rings (SSSR count). The molecule has 0 aliphatic rings. The van der Waals surface area contributed by atoms with Gasteiger partial charge in [-0.05, 0) is 13.8 Å².